The largest absolute Gasteiger partial charge is 0.395 e. The molecular formula is C19H23NO4. The number of aliphatic hydroxyl groups is 4. The quantitative estimate of drug-likeness (QED) is 0.658. The molecule has 0 radical (unpaired) electrons. The van der Waals surface area contributed by atoms with Crippen LogP contribution in [0.1, 0.15) is 17.2 Å². The standard InChI is InChI=1S/C19H23NO4/c21-12-15-18(23)19(24)16(22)11-20(15)17(13-7-3-1-4-8-13)14-9-5-2-6-10-14/h1-10,15-19,21-24H,11-12H2/t15-,16+,18+,19+/m0/s1. The van der Waals surface area contributed by atoms with Crippen molar-refractivity contribution in [2.45, 2.75) is 30.4 Å². The molecule has 1 aliphatic heterocycles. The van der Waals surface area contributed by atoms with Gasteiger partial charge in [0.1, 0.15) is 12.2 Å². The van der Waals surface area contributed by atoms with Crippen LogP contribution in [0.25, 0.3) is 0 Å². The Bertz CT molecular complexity index is 597. The van der Waals surface area contributed by atoms with Crippen molar-refractivity contribution in [2.24, 2.45) is 0 Å². The molecule has 0 aliphatic carbocycles. The van der Waals surface area contributed by atoms with E-state index in [1.165, 1.54) is 0 Å². The van der Waals surface area contributed by atoms with E-state index in [0.717, 1.165) is 11.1 Å². The Balaban J connectivity index is 2.04. The molecule has 2 aromatic carbocycles. The lowest BCUT2D eigenvalue weighted by molar-refractivity contribution is -0.151. The molecule has 0 spiro atoms. The fourth-order valence-corrected chi connectivity index (χ4v) is 3.47. The maximum atomic E-state index is 10.3. The molecule has 0 bridgehead atoms. The Morgan fingerprint density at radius 1 is 0.833 bits per heavy atom. The molecule has 5 nitrogen and oxygen atoms in total. The highest BCUT2D eigenvalue weighted by atomic mass is 16.4. The smallest absolute Gasteiger partial charge is 0.109 e. The summed E-state index contributed by atoms with van der Waals surface area (Å²) in [5.41, 5.74) is 2.00. The van der Waals surface area contributed by atoms with E-state index < -0.39 is 24.4 Å². The van der Waals surface area contributed by atoms with E-state index in [9.17, 15) is 20.4 Å². The number of aliphatic hydroxyl groups excluding tert-OH is 4. The third-order valence-electron chi connectivity index (χ3n) is 4.71. The molecule has 0 saturated carbocycles. The zero-order valence-electron chi connectivity index (χ0n) is 13.3. The lowest BCUT2D eigenvalue weighted by atomic mass is 9.88. The van der Waals surface area contributed by atoms with Crippen molar-refractivity contribution < 1.29 is 20.4 Å². The Hall–Kier alpha value is -1.76. The molecule has 3 rings (SSSR count). The van der Waals surface area contributed by atoms with Crippen LogP contribution in [0.15, 0.2) is 60.7 Å². The summed E-state index contributed by atoms with van der Waals surface area (Å²) in [6.07, 6.45) is -3.54. The van der Waals surface area contributed by atoms with E-state index in [-0.39, 0.29) is 19.2 Å². The van der Waals surface area contributed by atoms with Crippen LogP contribution in [0, 0.1) is 0 Å². The monoisotopic (exact) mass is 329 g/mol. The Morgan fingerprint density at radius 2 is 1.33 bits per heavy atom. The maximum Gasteiger partial charge on any atom is 0.109 e. The Morgan fingerprint density at radius 3 is 1.79 bits per heavy atom. The summed E-state index contributed by atoms with van der Waals surface area (Å²) in [5.74, 6) is 0. The lowest BCUT2D eigenvalue weighted by Crippen LogP contribution is -2.63. The average Bonchev–Trinajstić information content (AvgIpc) is 2.62. The van der Waals surface area contributed by atoms with Gasteiger partial charge in [-0.3, -0.25) is 4.90 Å². The van der Waals surface area contributed by atoms with Crippen LogP contribution in [0.3, 0.4) is 0 Å². The van der Waals surface area contributed by atoms with E-state index in [1.54, 1.807) is 0 Å². The number of rotatable bonds is 4. The Labute approximate surface area is 141 Å². The van der Waals surface area contributed by atoms with Crippen molar-refractivity contribution in [3.63, 3.8) is 0 Å². The maximum absolute atomic E-state index is 10.3. The van der Waals surface area contributed by atoms with Gasteiger partial charge in [0.2, 0.25) is 0 Å². The fourth-order valence-electron chi connectivity index (χ4n) is 3.47. The van der Waals surface area contributed by atoms with Crippen molar-refractivity contribution in [3.8, 4) is 0 Å². The second kappa shape index (κ2) is 7.42. The highest BCUT2D eigenvalue weighted by Crippen LogP contribution is 2.34. The molecule has 0 unspecified atom stereocenters. The van der Waals surface area contributed by atoms with Crippen molar-refractivity contribution in [1.82, 2.24) is 4.90 Å². The minimum absolute atomic E-state index is 0.165. The first-order chi connectivity index (χ1) is 11.6. The summed E-state index contributed by atoms with van der Waals surface area (Å²) >= 11 is 0. The summed E-state index contributed by atoms with van der Waals surface area (Å²) in [5, 5.41) is 40.2. The zero-order chi connectivity index (χ0) is 17.1. The molecule has 4 N–H and O–H groups in total. The molecule has 1 heterocycles. The third kappa shape index (κ3) is 3.22. The molecule has 0 amide bonds. The van der Waals surface area contributed by atoms with Crippen LogP contribution in [0.2, 0.25) is 0 Å². The summed E-state index contributed by atoms with van der Waals surface area (Å²) in [6, 6.07) is 18.6. The SMILES string of the molecule is OC[C@H]1[C@@H](O)[C@H](O)[C@H](O)CN1C(c1ccccc1)c1ccccc1. The molecular weight excluding hydrogens is 306 g/mol. The summed E-state index contributed by atoms with van der Waals surface area (Å²) in [7, 11) is 0. The molecule has 2 aromatic rings. The number of hydrogen-bond acceptors (Lipinski definition) is 5. The molecule has 1 aliphatic rings. The molecule has 5 heteroatoms. The van der Waals surface area contributed by atoms with Crippen LogP contribution in [-0.2, 0) is 0 Å². The van der Waals surface area contributed by atoms with Crippen molar-refractivity contribution in [2.75, 3.05) is 13.2 Å². The molecule has 1 saturated heterocycles. The number of benzene rings is 2. The van der Waals surface area contributed by atoms with Gasteiger partial charge < -0.3 is 20.4 Å². The highest BCUT2D eigenvalue weighted by molar-refractivity contribution is 5.32. The van der Waals surface area contributed by atoms with Crippen LogP contribution >= 0.6 is 0 Å². The minimum Gasteiger partial charge on any atom is -0.395 e. The van der Waals surface area contributed by atoms with Gasteiger partial charge in [0, 0.05) is 6.54 Å². The summed E-state index contributed by atoms with van der Waals surface area (Å²) in [6.45, 7) is -0.140. The van der Waals surface area contributed by atoms with Crippen LogP contribution in [0.4, 0.5) is 0 Å². The summed E-state index contributed by atoms with van der Waals surface area (Å²) in [4.78, 5) is 1.87. The first-order valence-electron chi connectivity index (χ1n) is 8.14. The Kier molecular flexibility index (Phi) is 5.28. The van der Waals surface area contributed by atoms with Crippen LogP contribution in [0.5, 0.6) is 0 Å². The first kappa shape index (κ1) is 17.1. The lowest BCUT2D eigenvalue weighted by Gasteiger charge is -2.47. The molecule has 24 heavy (non-hydrogen) atoms. The van der Waals surface area contributed by atoms with Gasteiger partial charge in [-0.2, -0.15) is 0 Å². The predicted octanol–water partition coefficient (Wildman–Crippen LogP) is 0.535. The van der Waals surface area contributed by atoms with Crippen molar-refractivity contribution >= 4 is 0 Å². The van der Waals surface area contributed by atoms with Gasteiger partial charge in [-0.15, -0.1) is 0 Å². The normalized spacial score (nSPS) is 28.2. The van der Waals surface area contributed by atoms with Gasteiger partial charge in [-0.1, -0.05) is 60.7 Å². The van der Waals surface area contributed by atoms with Gasteiger partial charge >= 0.3 is 0 Å². The van der Waals surface area contributed by atoms with Crippen LogP contribution < -0.4 is 0 Å². The molecule has 4 atom stereocenters. The summed E-state index contributed by atoms with van der Waals surface area (Å²) < 4.78 is 0. The van der Waals surface area contributed by atoms with Gasteiger partial charge in [0.05, 0.1) is 24.8 Å². The predicted molar refractivity (Wildman–Crippen MR) is 90.3 cm³/mol. The topological polar surface area (TPSA) is 84.2 Å². The van der Waals surface area contributed by atoms with Crippen molar-refractivity contribution in [1.29, 1.82) is 0 Å². The van der Waals surface area contributed by atoms with Crippen LogP contribution in [-0.4, -0.2) is 62.8 Å². The van der Waals surface area contributed by atoms with E-state index in [4.69, 9.17) is 0 Å². The highest BCUT2D eigenvalue weighted by Gasteiger charge is 2.44. The second-order valence-electron chi connectivity index (χ2n) is 6.22. The number of piperidine rings is 1. The van der Waals surface area contributed by atoms with Gasteiger partial charge in [-0.25, -0.2) is 0 Å². The van der Waals surface area contributed by atoms with Crippen molar-refractivity contribution in [3.05, 3.63) is 71.8 Å². The average molecular weight is 329 g/mol. The first-order valence-corrected chi connectivity index (χ1v) is 8.14. The second-order valence-corrected chi connectivity index (χ2v) is 6.22. The van der Waals surface area contributed by atoms with E-state index in [0.29, 0.717) is 0 Å². The number of hydrogen-bond donors (Lipinski definition) is 4. The number of likely N-dealkylation sites (tertiary alicyclic amines) is 1. The van der Waals surface area contributed by atoms with Gasteiger partial charge in [0.15, 0.2) is 0 Å². The molecule has 0 aromatic heterocycles. The molecule has 128 valence electrons. The molecule has 1 fully saturated rings. The van der Waals surface area contributed by atoms with E-state index >= 15 is 0 Å². The fraction of sp³-hybridized carbons (Fsp3) is 0.368. The zero-order valence-corrected chi connectivity index (χ0v) is 13.3. The number of β-amino-alcohol motifs (C(OH)–C–C–N with tert-alkyl or cyclic N) is 1. The van der Waals surface area contributed by atoms with E-state index in [1.807, 2.05) is 65.6 Å². The van der Waals surface area contributed by atoms with Gasteiger partial charge in [-0.05, 0) is 11.1 Å². The third-order valence-corrected chi connectivity index (χ3v) is 4.71. The minimum atomic E-state index is -1.26. The number of nitrogens with zero attached hydrogens (tertiary/aromatic N) is 1. The van der Waals surface area contributed by atoms with E-state index in [2.05, 4.69) is 0 Å². The van der Waals surface area contributed by atoms with Gasteiger partial charge in [0.25, 0.3) is 0 Å².